The van der Waals surface area contributed by atoms with Crippen molar-refractivity contribution < 1.29 is 18.6 Å². The molecule has 0 fully saturated rings. The van der Waals surface area contributed by atoms with E-state index in [1.807, 2.05) is 97.2 Å². The Labute approximate surface area is 213 Å². The van der Waals surface area contributed by atoms with Gasteiger partial charge in [0.2, 0.25) is 0 Å². The molecule has 6 aliphatic rings. The molecule has 0 amide bonds. The normalized spacial score (nSPS) is 19.0. The van der Waals surface area contributed by atoms with Crippen LogP contribution in [0.15, 0.2) is 120 Å². The average Bonchev–Trinajstić information content (AvgIpc) is 3.76. The van der Waals surface area contributed by atoms with Crippen LogP contribution >= 0.6 is 0 Å². The van der Waals surface area contributed by atoms with E-state index in [-0.39, 0.29) is 0 Å². The Balaban J connectivity index is 1.20. The summed E-state index contributed by atoms with van der Waals surface area (Å²) in [7, 11) is 0. The molecule has 0 N–H and O–H groups in total. The number of hydrogen-bond acceptors (Lipinski definition) is 4. The van der Waals surface area contributed by atoms with E-state index in [2.05, 4.69) is 22.9 Å². The minimum absolute atomic E-state index is 0.557. The van der Waals surface area contributed by atoms with E-state index in [1.54, 1.807) is 0 Å². The van der Waals surface area contributed by atoms with Gasteiger partial charge in [-0.25, -0.2) is 0 Å². The zero-order valence-corrected chi connectivity index (χ0v) is 19.4. The van der Waals surface area contributed by atoms with Gasteiger partial charge in [0.25, 0.3) is 0 Å². The molecule has 0 aromatic heterocycles. The lowest BCUT2D eigenvalue weighted by Gasteiger charge is -2.27. The highest BCUT2D eigenvalue weighted by atomic mass is 16.9. The predicted octanol–water partition coefficient (Wildman–Crippen LogP) is 6.80. The molecule has 0 radical (unpaired) electrons. The van der Waals surface area contributed by atoms with Crippen LogP contribution in [0, 0.1) is 0 Å². The van der Waals surface area contributed by atoms with Crippen LogP contribution in [0.2, 0.25) is 0 Å². The lowest BCUT2D eigenvalue weighted by Crippen LogP contribution is -2.54. The minimum Gasteiger partial charge on any atom is -0.609 e. The van der Waals surface area contributed by atoms with E-state index in [1.165, 1.54) is 0 Å². The highest BCUT2D eigenvalue weighted by molar-refractivity contribution is 6.59. The van der Waals surface area contributed by atoms with E-state index < -0.39 is 6.96 Å². The third-order valence-corrected chi connectivity index (χ3v) is 6.81. The molecule has 4 aliphatic carbocycles. The van der Waals surface area contributed by atoms with Crippen molar-refractivity contribution in [3.63, 3.8) is 0 Å². The molecule has 2 aromatic carbocycles. The van der Waals surface area contributed by atoms with Crippen LogP contribution in [0.25, 0.3) is 22.3 Å². The van der Waals surface area contributed by atoms with Crippen molar-refractivity contribution in [2.24, 2.45) is 0 Å². The maximum Gasteiger partial charge on any atom is 0.777 e. The van der Waals surface area contributed by atoms with Crippen LogP contribution < -0.4 is 18.6 Å². The fourth-order valence-electron chi connectivity index (χ4n) is 5.14. The highest BCUT2D eigenvalue weighted by Crippen LogP contribution is 2.49. The van der Waals surface area contributed by atoms with Gasteiger partial charge in [-0.2, -0.15) is 0 Å². The second-order valence-corrected chi connectivity index (χ2v) is 9.07. The van der Waals surface area contributed by atoms with Gasteiger partial charge >= 0.3 is 6.96 Å². The molecule has 1 spiro atoms. The number of hydrogen-bond donors (Lipinski definition) is 0. The van der Waals surface area contributed by atoms with Crippen LogP contribution in [0.4, 0.5) is 0 Å². The number of rotatable bonds is 4. The fourth-order valence-corrected chi connectivity index (χ4v) is 5.14. The largest absolute Gasteiger partial charge is 0.777 e. The summed E-state index contributed by atoms with van der Waals surface area (Å²) in [6, 6.07) is 7.83. The van der Waals surface area contributed by atoms with Crippen molar-refractivity contribution in [1.29, 1.82) is 0 Å². The molecule has 0 saturated carbocycles. The Kier molecular flexibility index (Phi) is 3.98. The molecule has 8 rings (SSSR count). The van der Waals surface area contributed by atoms with E-state index in [9.17, 15) is 0 Å². The van der Waals surface area contributed by atoms with Gasteiger partial charge in [-0.1, -0.05) is 24.3 Å². The first-order valence-electron chi connectivity index (χ1n) is 12.0. The van der Waals surface area contributed by atoms with E-state index in [4.69, 9.17) is 18.6 Å². The molecule has 2 aliphatic heterocycles. The van der Waals surface area contributed by atoms with Crippen molar-refractivity contribution in [2.75, 3.05) is 0 Å². The molecule has 5 heteroatoms. The molecular weight excluding hydrogens is 459 g/mol. The van der Waals surface area contributed by atoms with Gasteiger partial charge in [-0.3, -0.25) is 0 Å². The lowest BCUT2D eigenvalue weighted by atomic mass is 9.95. The fraction of sp³-hybridized carbons (Fsp3) is 0. The maximum atomic E-state index is 6.27. The summed E-state index contributed by atoms with van der Waals surface area (Å²) in [4.78, 5) is 0. The Bertz CT molecular complexity index is 1590. The number of benzene rings is 2. The second kappa shape index (κ2) is 7.37. The molecule has 0 saturated heterocycles. The van der Waals surface area contributed by atoms with Gasteiger partial charge in [0.15, 0.2) is 0 Å². The smallest absolute Gasteiger partial charge is 0.609 e. The quantitative estimate of drug-likeness (QED) is 0.360. The van der Waals surface area contributed by atoms with E-state index in [0.717, 1.165) is 44.5 Å². The topological polar surface area (TPSA) is 36.9 Å². The Morgan fingerprint density at radius 1 is 0.405 bits per heavy atom. The third kappa shape index (κ3) is 3.08. The van der Waals surface area contributed by atoms with Crippen LogP contribution in [-0.2, 0) is 0 Å². The Morgan fingerprint density at radius 3 is 0.892 bits per heavy atom. The standard InChI is InChI=1S/C32H16BO4/c1-2-10-21(9-1)25-17-29-30(18-26(25)22-11-3-4-12-22)35-33(34-29)36-31-19-27(23-13-5-6-14-23)28(20-32(31)37-33)24-15-7-8-16-24/h1-9,11,13,15,17-20H/q-1. The van der Waals surface area contributed by atoms with Crippen molar-refractivity contribution in [3.05, 3.63) is 142 Å². The molecule has 2 aromatic rings. The van der Waals surface area contributed by atoms with Gasteiger partial charge in [-0.05, 0) is 72.9 Å². The van der Waals surface area contributed by atoms with Crippen molar-refractivity contribution >= 4 is 29.2 Å². The average molecular weight is 475 g/mol. The van der Waals surface area contributed by atoms with Crippen molar-refractivity contribution in [2.45, 2.75) is 0 Å². The molecule has 0 unspecified atom stereocenters. The van der Waals surface area contributed by atoms with Gasteiger partial charge in [0.1, 0.15) is 23.0 Å². The monoisotopic (exact) mass is 475 g/mol. The molecular formula is C32H16BO4-. The van der Waals surface area contributed by atoms with Crippen LogP contribution in [-0.4, -0.2) is 6.96 Å². The molecule has 172 valence electrons. The van der Waals surface area contributed by atoms with Gasteiger partial charge in [-0.15, -0.1) is 22.9 Å². The van der Waals surface area contributed by atoms with Crippen LogP contribution in [0.3, 0.4) is 0 Å². The van der Waals surface area contributed by atoms with Crippen molar-refractivity contribution in [3.8, 4) is 23.0 Å². The first-order valence-corrected chi connectivity index (χ1v) is 12.0. The van der Waals surface area contributed by atoms with Gasteiger partial charge in [0, 0.05) is 44.5 Å². The number of allylic oxidation sites excluding steroid dienone is 12. The van der Waals surface area contributed by atoms with E-state index in [0.29, 0.717) is 23.0 Å². The summed E-state index contributed by atoms with van der Waals surface area (Å²) >= 11 is 0. The molecule has 2 heterocycles. The number of fused-ring (bicyclic) bond motifs is 2. The summed E-state index contributed by atoms with van der Waals surface area (Å²) in [5, 5.41) is 0. The summed E-state index contributed by atoms with van der Waals surface area (Å²) in [5.74, 6) is 2.23. The molecule has 4 nitrogen and oxygen atoms in total. The maximum absolute atomic E-state index is 6.27. The van der Waals surface area contributed by atoms with Crippen LogP contribution in [0.5, 0.6) is 23.0 Å². The van der Waals surface area contributed by atoms with Crippen LogP contribution in [0.1, 0.15) is 22.3 Å². The SMILES string of the molecule is C1=CC=CC=1c1cc2c(cc1C1=C=CC=C1)O[B-]1(O2)Oc2cc(C3=C=CC=C3)c(C3=C=CC=C3)cc2O1. The predicted molar refractivity (Wildman–Crippen MR) is 144 cm³/mol. The summed E-state index contributed by atoms with van der Waals surface area (Å²) < 4.78 is 25.1. The Hall–Kier alpha value is -5.26. The molecule has 0 atom stereocenters. The van der Waals surface area contributed by atoms with Gasteiger partial charge < -0.3 is 18.6 Å². The first kappa shape index (κ1) is 20.0. The second-order valence-electron chi connectivity index (χ2n) is 9.07. The van der Waals surface area contributed by atoms with E-state index >= 15 is 0 Å². The summed E-state index contributed by atoms with van der Waals surface area (Å²) in [5.41, 5.74) is 20.9. The summed E-state index contributed by atoms with van der Waals surface area (Å²) in [6.45, 7) is -2.56. The zero-order valence-electron chi connectivity index (χ0n) is 19.4. The lowest BCUT2D eigenvalue weighted by molar-refractivity contribution is 0.224. The first-order chi connectivity index (χ1) is 18.2. The highest BCUT2D eigenvalue weighted by Gasteiger charge is 2.52. The molecule has 37 heavy (non-hydrogen) atoms. The summed E-state index contributed by atoms with van der Waals surface area (Å²) in [6.07, 6.45) is 23.5. The minimum atomic E-state index is -2.56. The van der Waals surface area contributed by atoms with Gasteiger partial charge in [0.05, 0.1) is 0 Å². The third-order valence-electron chi connectivity index (χ3n) is 6.81. The molecule has 0 bridgehead atoms. The zero-order chi connectivity index (χ0) is 24.4. The Morgan fingerprint density at radius 2 is 0.676 bits per heavy atom. The van der Waals surface area contributed by atoms with Crippen molar-refractivity contribution in [1.82, 2.24) is 0 Å².